The van der Waals surface area contributed by atoms with Crippen LogP contribution >= 0.6 is 11.6 Å². The van der Waals surface area contributed by atoms with Crippen molar-refractivity contribution in [2.24, 2.45) is 0 Å². The Balaban J connectivity index is 1.77. The highest BCUT2D eigenvalue weighted by Crippen LogP contribution is 2.41. The largest absolute Gasteiger partial charge is 0.436 e. The first-order chi connectivity index (χ1) is 15.4. The van der Waals surface area contributed by atoms with E-state index < -0.39 is 22.9 Å². The molecule has 0 bridgehead atoms. The molecule has 8 heteroatoms. The predicted octanol–water partition coefficient (Wildman–Crippen LogP) is 5.59. The fraction of sp³-hybridized carbons (Fsp3) is 0.360. The van der Waals surface area contributed by atoms with Gasteiger partial charge in [0.05, 0.1) is 11.0 Å². The minimum atomic E-state index is -1.12. The standard InChI is InChI=1S/C25H24ClFN2O4/c1-6-13-7-9-15(32-23-22(26)28-18-11-14(27)8-10-17(18)29-23)12-16(13)19-20(30)24(2,3)33-25(4,5)21(19)31/h7-12,19H,6H2,1-5H3. The Labute approximate surface area is 196 Å². The van der Waals surface area contributed by atoms with E-state index in [4.69, 9.17) is 21.1 Å². The van der Waals surface area contributed by atoms with Gasteiger partial charge in [-0.05, 0) is 69.5 Å². The Kier molecular flexibility index (Phi) is 5.75. The van der Waals surface area contributed by atoms with Gasteiger partial charge >= 0.3 is 0 Å². The molecule has 0 spiro atoms. The summed E-state index contributed by atoms with van der Waals surface area (Å²) >= 11 is 6.23. The molecule has 4 rings (SSSR count). The number of hydrogen-bond acceptors (Lipinski definition) is 6. The van der Waals surface area contributed by atoms with Gasteiger partial charge in [0, 0.05) is 6.07 Å². The van der Waals surface area contributed by atoms with Crippen molar-refractivity contribution in [2.75, 3.05) is 0 Å². The van der Waals surface area contributed by atoms with Crippen LogP contribution in [0.1, 0.15) is 51.7 Å². The van der Waals surface area contributed by atoms with Gasteiger partial charge < -0.3 is 9.47 Å². The van der Waals surface area contributed by atoms with Crippen LogP contribution in [0.25, 0.3) is 11.0 Å². The molecule has 0 saturated carbocycles. The maximum Gasteiger partial charge on any atom is 0.258 e. The maximum absolute atomic E-state index is 13.5. The highest BCUT2D eigenvalue weighted by Gasteiger charge is 2.53. The zero-order valence-electron chi connectivity index (χ0n) is 19.0. The molecule has 0 aliphatic carbocycles. The lowest BCUT2D eigenvalue weighted by atomic mass is 9.73. The lowest BCUT2D eigenvalue weighted by molar-refractivity contribution is -0.184. The summed E-state index contributed by atoms with van der Waals surface area (Å²) in [6.45, 7) is 8.66. The minimum Gasteiger partial charge on any atom is -0.436 e. The lowest BCUT2D eigenvalue weighted by Gasteiger charge is -2.43. The molecule has 0 atom stereocenters. The third-order valence-electron chi connectivity index (χ3n) is 5.80. The average Bonchev–Trinajstić information content (AvgIpc) is 2.73. The van der Waals surface area contributed by atoms with Crippen LogP contribution in [0.2, 0.25) is 5.15 Å². The van der Waals surface area contributed by atoms with E-state index in [2.05, 4.69) is 9.97 Å². The third-order valence-corrected chi connectivity index (χ3v) is 6.05. The second-order valence-electron chi connectivity index (χ2n) is 9.05. The number of benzene rings is 2. The number of aryl methyl sites for hydroxylation is 1. The predicted molar refractivity (Wildman–Crippen MR) is 122 cm³/mol. The van der Waals surface area contributed by atoms with Crippen molar-refractivity contribution >= 4 is 34.2 Å². The first-order valence-corrected chi connectivity index (χ1v) is 11.0. The van der Waals surface area contributed by atoms with Crippen molar-refractivity contribution < 1.29 is 23.5 Å². The second-order valence-corrected chi connectivity index (χ2v) is 9.41. The molecule has 3 aromatic rings. The Morgan fingerprint density at radius 3 is 2.30 bits per heavy atom. The van der Waals surface area contributed by atoms with Gasteiger partial charge in [0.25, 0.3) is 5.88 Å². The van der Waals surface area contributed by atoms with Crippen molar-refractivity contribution in [1.82, 2.24) is 9.97 Å². The fourth-order valence-electron chi connectivity index (χ4n) is 4.23. The number of carbonyl (C=O) groups is 2. The number of aromatic nitrogens is 2. The summed E-state index contributed by atoms with van der Waals surface area (Å²) in [6, 6.07) is 9.20. The number of fused-ring (bicyclic) bond motifs is 1. The number of ketones is 2. The minimum absolute atomic E-state index is 0.0327. The number of Topliss-reactive ketones (excluding diaryl/α,β-unsaturated/α-hetero) is 2. The molecule has 172 valence electrons. The van der Waals surface area contributed by atoms with Crippen LogP contribution in [0.5, 0.6) is 11.6 Å². The summed E-state index contributed by atoms with van der Waals surface area (Å²) in [5, 5.41) is -0.0327. The first-order valence-electron chi connectivity index (χ1n) is 10.6. The number of halogens is 2. The summed E-state index contributed by atoms with van der Waals surface area (Å²) in [7, 11) is 0. The van der Waals surface area contributed by atoms with E-state index in [1.54, 1.807) is 39.8 Å². The van der Waals surface area contributed by atoms with Crippen LogP contribution in [0, 0.1) is 5.82 Å². The van der Waals surface area contributed by atoms with Crippen molar-refractivity contribution in [3.05, 3.63) is 58.5 Å². The summed E-state index contributed by atoms with van der Waals surface area (Å²) in [6.07, 6.45) is 0.622. The SMILES string of the molecule is CCc1ccc(Oc2nc3ccc(F)cc3nc2Cl)cc1C1C(=O)C(C)(C)OC(C)(C)C1=O. The van der Waals surface area contributed by atoms with Crippen molar-refractivity contribution in [3.63, 3.8) is 0 Å². The van der Waals surface area contributed by atoms with Gasteiger partial charge in [-0.1, -0.05) is 24.6 Å². The number of carbonyl (C=O) groups excluding carboxylic acids is 2. The van der Waals surface area contributed by atoms with Crippen LogP contribution in [0.3, 0.4) is 0 Å². The van der Waals surface area contributed by atoms with Gasteiger partial charge in [-0.3, -0.25) is 9.59 Å². The molecule has 1 aliphatic heterocycles. The number of nitrogens with zero attached hydrogens (tertiary/aromatic N) is 2. The summed E-state index contributed by atoms with van der Waals surface area (Å²) in [5.41, 5.74) is -0.0922. The van der Waals surface area contributed by atoms with Gasteiger partial charge in [-0.2, -0.15) is 0 Å². The molecular weight excluding hydrogens is 447 g/mol. The molecule has 2 aromatic carbocycles. The zero-order chi connectivity index (χ0) is 24.1. The van der Waals surface area contributed by atoms with E-state index in [-0.39, 0.29) is 22.6 Å². The Hall–Kier alpha value is -2.90. The molecule has 0 unspecified atom stereocenters. The van der Waals surface area contributed by atoms with Crippen molar-refractivity contribution in [2.45, 2.75) is 58.2 Å². The van der Waals surface area contributed by atoms with E-state index in [9.17, 15) is 14.0 Å². The number of hydrogen-bond donors (Lipinski definition) is 0. The molecule has 0 radical (unpaired) electrons. The normalized spacial score (nSPS) is 18.0. The van der Waals surface area contributed by atoms with Crippen molar-refractivity contribution in [3.8, 4) is 11.6 Å². The van der Waals surface area contributed by atoms with E-state index in [0.717, 1.165) is 5.56 Å². The van der Waals surface area contributed by atoms with Gasteiger partial charge in [-0.15, -0.1) is 0 Å². The molecule has 1 aromatic heterocycles. The fourth-order valence-corrected chi connectivity index (χ4v) is 4.40. The molecule has 1 fully saturated rings. The molecule has 1 saturated heterocycles. The third kappa shape index (κ3) is 4.23. The molecule has 6 nitrogen and oxygen atoms in total. The monoisotopic (exact) mass is 470 g/mol. The number of rotatable bonds is 4. The van der Waals surface area contributed by atoms with Crippen molar-refractivity contribution in [1.29, 1.82) is 0 Å². The second kappa shape index (κ2) is 8.15. The average molecular weight is 471 g/mol. The Morgan fingerprint density at radius 1 is 1.00 bits per heavy atom. The van der Waals surface area contributed by atoms with Crippen LogP contribution in [-0.4, -0.2) is 32.7 Å². The molecular formula is C25H24ClFN2O4. The zero-order valence-corrected chi connectivity index (χ0v) is 19.8. The summed E-state index contributed by atoms with van der Waals surface area (Å²) < 4.78 is 25.2. The molecule has 33 heavy (non-hydrogen) atoms. The molecule has 0 amide bonds. The smallest absolute Gasteiger partial charge is 0.258 e. The molecule has 2 heterocycles. The van der Waals surface area contributed by atoms with E-state index in [1.807, 2.05) is 13.0 Å². The topological polar surface area (TPSA) is 78.4 Å². The van der Waals surface area contributed by atoms with E-state index in [1.165, 1.54) is 18.2 Å². The van der Waals surface area contributed by atoms with Crippen LogP contribution in [0.15, 0.2) is 36.4 Å². The summed E-state index contributed by atoms with van der Waals surface area (Å²) in [4.78, 5) is 35.0. The maximum atomic E-state index is 13.5. The van der Waals surface area contributed by atoms with E-state index in [0.29, 0.717) is 28.8 Å². The lowest BCUT2D eigenvalue weighted by Crippen LogP contribution is -2.58. The van der Waals surface area contributed by atoms with E-state index >= 15 is 0 Å². The number of ether oxygens (including phenoxy) is 2. The Morgan fingerprint density at radius 2 is 1.67 bits per heavy atom. The molecule has 1 aliphatic rings. The van der Waals surface area contributed by atoms with Gasteiger partial charge in [0.1, 0.15) is 28.7 Å². The quantitative estimate of drug-likeness (QED) is 0.463. The van der Waals surface area contributed by atoms with Crippen LogP contribution < -0.4 is 4.74 Å². The van der Waals surface area contributed by atoms with Gasteiger partial charge in [0.2, 0.25) is 0 Å². The summed E-state index contributed by atoms with van der Waals surface area (Å²) in [5.74, 6) is -1.64. The first kappa shape index (κ1) is 23.3. The Bertz CT molecular complexity index is 1260. The highest BCUT2D eigenvalue weighted by molar-refractivity contribution is 6.31. The van der Waals surface area contributed by atoms with Gasteiger partial charge in [-0.25, -0.2) is 14.4 Å². The van der Waals surface area contributed by atoms with Gasteiger partial charge in [0.15, 0.2) is 16.7 Å². The highest BCUT2D eigenvalue weighted by atomic mass is 35.5. The molecule has 0 N–H and O–H groups in total. The van der Waals surface area contributed by atoms with Crippen LogP contribution in [-0.2, 0) is 20.7 Å². The van der Waals surface area contributed by atoms with Crippen LogP contribution in [0.4, 0.5) is 4.39 Å².